The van der Waals surface area contributed by atoms with Crippen molar-refractivity contribution >= 4 is 51.9 Å². The van der Waals surface area contributed by atoms with Crippen LogP contribution in [0.25, 0.3) is 6.08 Å². The van der Waals surface area contributed by atoms with Crippen LogP contribution in [0.5, 0.6) is 11.5 Å². The van der Waals surface area contributed by atoms with Crippen molar-refractivity contribution in [1.82, 2.24) is 0 Å². The van der Waals surface area contributed by atoms with Gasteiger partial charge in [0.05, 0.1) is 20.9 Å². The number of hydrogen-bond donors (Lipinski definition) is 1. The molecular weight excluding hydrogens is 491 g/mol. The molecule has 28 heavy (non-hydrogen) atoms. The summed E-state index contributed by atoms with van der Waals surface area (Å²) < 4.78 is 12.1. The number of nitrogens with zero attached hydrogens (tertiary/aromatic N) is 1. The number of ether oxygens (including phenoxy) is 2. The highest BCUT2D eigenvalue weighted by atomic mass is 127. The smallest absolute Gasteiger partial charge is 0.266 e. The van der Waals surface area contributed by atoms with E-state index in [4.69, 9.17) is 21.1 Å². The van der Waals surface area contributed by atoms with E-state index in [1.54, 1.807) is 36.4 Å². The van der Waals surface area contributed by atoms with Gasteiger partial charge in [-0.2, -0.15) is 5.26 Å². The van der Waals surface area contributed by atoms with Gasteiger partial charge in [0, 0.05) is 0 Å². The first-order valence-electron chi connectivity index (χ1n) is 8.37. The van der Waals surface area contributed by atoms with Gasteiger partial charge in [-0.1, -0.05) is 36.4 Å². The van der Waals surface area contributed by atoms with E-state index in [1.165, 1.54) is 6.08 Å². The molecule has 0 aliphatic rings. The molecule has 2 aromatic carbocycles. The minimum absolute atomic E-state index is 0.0575. The summed E-state index contributed by atoms with van der Waals surface area (Å²) in [6, 6.07) is 12.3. The van der Waals surface area contributed by atoms with Crippen molar-refractivity contribution in [3.05, 3.63) is 68.8 Å². The number of carbonyl (C=O) groups excluding carboxylic acids is 1. The van der Waals surface area contributed by atoms with Crippen LogP contribution in [-0.2, 0) is 4.79 Å². The molecule has 0 fully saturated rings. The highest BCUT2D eigenvalue weighted by Gasteiger charge is 2.15. The molecule has 144 valence electrons. The molecule has 2 rings (SSSR count). The van der Waals surface area contributed by atoms with Crippen LogP contribution in [0.2, 0.25) is 5.02 Å². The van der Waals surface area contributed by atoms with Crippen LogP contribution in [0.3, 0.4) is 0 Å². The lowest BCUT2D eigenvalue weighted by atomic mass is 10.1. The lowest BCUT2D eigenvalue weighted by Gasteiger charge is -2.14. The Balaban J connectivity index is 2.35. The SMILES string of the molecule is C=CCOc1c(I)cc(/C=C(\C#N)C(=O)Nc2ccccc2Cl)cc1OCC. The van der Waals surface area contributed by atoms with Crippen LogP contribution in [0.1, 0.15) is 12.5 Å². The molecule has 0 spiro atoms. The molecule has 0 heterocycles. The Bertz CT molecular complexity index is 951. The van der Waals surface area contributed by atoms with Gasteiger partial charge >= 0.3 is 0 Å². The summed E-state index contributed by atoms with van der Waals surface area (Å²) in [7, 11) is 0. The molecule has 7 heteroatoms. The third-order valence-electron chi connectivity index (χ3n) is 3.48. The topological polar surface area (TPSA) is 71.3 Å². The molecule has 0 bridgehead atoms. The molecule has 0 aliphatic carbocycles. The second-order valence-corrected chi connectivity index (χ2v) is 7.04. The molecule has 1 N–H and O–H groups in total. The maximum absolute atomic E-state index is 12.5. The summed E-state index contributed by atoms with van der Waals surface area (Å²) >= 11 is 8.18. The summed E-state index contributed by atoms with van der Waals surface area (Å²) in [5.74, 6) is 0.584. The number of anilines is 1. The van der Waals surface area contributed by atoms with Crippen molar-refractivity contribution in [3.63, 3.8) is 0 Å². The fourth-order valence-electron chi connectivity index (χ4n) is 2.28. The standard InChI is InChI=1S/C21H18ClIN2O3/c1-3-9-28-20-17(23)11-14(12-19(20)27-4-2)10-15(13-24)21(26)25-18-8-6-5-7-16(18)22/h3,5-8,10-12H,1,4,9H2,2H3,(H,25,26)/b15-10+. The van der Waals surface area contributed by atoms with Crippen molar-refractivity contribution in [2.24, 2.45) is 0 Å². The number of nitrogens with one attached hydrogen (secondary N) is 1. The molecule has 0 atom stereocenters. The number of benzene rings is 2. The number of halogens is 2. The second-order valence-electron chi connectivity index (χ2n) is 5.47. The summed E-state index contributed by atoms with van der Waals surface area (Å²) in [6.07, 6.45) is 3.14. The van der Waals surface area contributed by atoms with E-state index in [1.807, 2.05) is 19.1 Å². The second kappa shape index (κ2) is 10.7. The van der Waals surface area contributed by atoms with E-state index in [2.05, 4.69) is 34.5 Å². The first-order valence-corrected chi connectivity index (χ1v) is 9.83. The van der Waals surface area contributed by atoms with Crippen LogP contribution >= 0.6 is 34.2 Å². The van der Waals surface area contributed by atoms with Crippen molar-refractivity contribution in [2.45, 2.75) is 6.92 Å². The quantitative estimate of drug-likeness (QED) is 0.223. The number of nitriles is 1. The number of para-hydroxylation sites is 1. The Morgan fingerprint density at radius 2 is 2.11 bits per heavy atom. The van der Waals surface area contributed by atoms with Gasteiger partial charge in [-0.25, -0.2) is 0 Å². The van der Waals surface area contributed by atoms with Gasteiger partial charge in [-0.15, -0.1) is 0 Å². The van der Waals surface area contributed by atoms with Gasteiger partial charge in [0.15, 0.2) is 11.5 Å². The lowest BCUT2D eigenvalue weighted by Crippen LogP contribution is -2.13. The normalized spacial score (nSPS) is 10.7. The van der Waals surface area contributed by atoms with E-state index in [0.29, 0.717) is 41.0 Å². The first kappa shape index (κ1) is 21.8. The number of hydrogen-bond acceptors (Lipinski definition) is 4. The number of carbonyl (C=O) groups is 1. The Labute approximate surface area is 182 Å². The van der Waals surface area contributed by atoms with Gasteiger partial charge in [-0.05, 0) is 65.4 Å². The predicted octanol–water partition coefficient (Wildman–Crippen LogP) is 5.45. The summed E-state index contributed by atoms with van der Waals surface area (Å²) in [5, 5.41) is 12.5. The van der Waals surface area contributed by atoms with Gasteiger partial charge in [0.1, 0.15) is 18.2 Å². The summed E-state index contributed by atoms with van der Waals surface area (Å²) in [6.45, 7) is 6.30. The molecule has 2 aromatic rings. The fourth-order valence-corrected chi connectivity index (χ4v) is 3.25. The molecule has 1 amide bonds. The van der Waals surface area contributed by atoms with E-state index in [9.17, 15) is 10.1 Å². The van der Waals surface area contributed by atoms with Gasteiger partial charge in [-0.3, -0.25) is 4.79 Å². The van der Waals surface area contributed by atoms with Crippen LogP contribution in [-0.4, -0.2) is 19.1 Å². The zero-order chi connectivity index (χ0) is 20.5. The maximum atomic E-state index is 12.5. The Morgan fingerprint density at radius 3 is 2.75 bits per heavy atom. The third kappa shape index (κ3) is 5.75. The van der Waals surface area contributed by atoms with Crippen LogP contribution in [0.4, 0.5) is 5.69 Å². The van der Waals surface area contributed by atoms with E-state index in [-0.39, 0.29) is 5.57 Å². The van der Waals surface area contributed by atoms with Crippen LogP contribution in [0, 0.1) is 14.9 Å². The number of amides is 1. The van der Waals surface area contributed by atoms with Crippen molar-refractivity contribution in [3.8, 4) is 17.6 Å². The molecule has 5 nitrogen and oxygen atoms in total. The van der Waals surface area contributed by atoms with Crippen molar-refractivity contribution in [2.75, 3.05) is 18.5 Å². The molecule has 0 saturated heterocycles. The van der Waals surface area contributed by atoms with Crippen LogP contribution < -0.4 is 14.8 Å². The van der Waals surface area contributed by atoms with Crippen LogP contribution in [0.15, 0.2) is 54.6 Å². The van der Waals surface area contributed by atoms with E-state index < -0.39 is 5.91 Å². The predicted molar refractivity (Wildman–Crippen MR) is 120 cm³/mol. The first-order chi connectivity index (χ1) is 13.5. The van der Waals surface area contributed by atoms with Gasteiger partial charge in [0.2, 0.25) is 0 Å². The third-order valence-corrected chi connectivity index (χ3v) is 4.61. The summed E-state index contributed by atoms with van der Waals surface area (Å²) in [4.78, 5) is 12.5. The summed E-state index contributed by atoms with van der Waals surface area (Å²) in [5.41, 5.74) is 1.02. The Kier molecular flexibility index (Phi) is 8.36. The van der Waals surface area contributed by atoms with Gasteiger partial charge in [0.25, 0.3) is 5.91 Å². The number of rotatable bonds is 8. The highest BCUT2D eigenvalue weighted by molar-refractivity contribution is 14.1. The minimum Gasteiger partial charge on any atom is -0.490 e. The average Bonchev–Trinajstić information content (AvgIpc) is 2.67. The van der Waals surface area contributed by atoms with Crippen molar-refractivity contribution in [1.29, 1.82) is 5.26 Å². The van der Waals surface area contributed by atoms with E-state index >= 15 is 0 Å². The lowest BCUT2D eigenvalue weighted by molar-refractivity contribution is -0.112. The van der Waals surface area contributed by atoms with Crippen molar-refractivity contribution < 1.29 is 14.3 Å². The Morgan fingerprint density at radius 1 is 1.36 bits per heavy atom. The highest BCUT2D eigenvalue weighted by Crippen LogP contribution is 2.35. The molecule has 0 saturated carbocycles. The maximum Gasteiger partial charge on any atom is 0.266 e. The zero-order valence-corrected chi connectivity index (χ0v) is 18.1. The minimum atomic E-state index is -0.546. The molecule has 0 aromatic heterocycles. The average molecular weight is 509 g/mol. The monoisotopic (exact) mass is 508 g/mol. The Hall–Kier alpha value is -2.50. The van der Waals surface area contributed by atoms with E-state index in [0.717, 1.165) is 3.57 Å². The molecule has 0 aliphatic heterocycles. The molecule has 0 radical (unpaired) electrons. The largest absolute Gasteiger partial charge is 0.490 e. The molecule has 0 unspecified atom stereocenters. The molecular formula is C21H18ClIN2O3. The fraction of sp³-hybridized carbons (Fsp3) is 0.143. The zero-order valence-electron chi connectivity index (χ0n) is 15.2. The van der Waals surface area contributed by atoms with Gasteiger partial charge < -0.3 is 14.8 Å².